The first kappa shape index (κ1) is 13.5. The van der Waals surface area contributed by atoms with Gasteiger partial charge in [0.15, 0.2) is 0 Å². The molecule has 0 fully saturated rings. The molecule has 0 atom stereocenters. The number of benzene rings is 1. The van der Waals surface area contributed by atoms with Gasteiger partial charge in [0.2, 0.25) is 17.8 Å². The van der Waals surface area contributed by atoms with E-state index in [9.17, 15) is 0 Å². The number of nitrogens with two attached hydrogens (primary N) is 1. The molecule has 0 saturated heterocycles. The van der Waals surface area contributed by atoms with Crippen molar-refractivity contribution in [3.63, 3.8) is 0 Å². The van der Waals surface area contributed by atoms with Crippen LogP contribution in [-0.4, -0.2) is 29.0 Å². The molecule has 7 nitrogen and oxygen atoms in total. The van der Waals surface area contributed by atoms with E-state index in [-0.39, 0.29) is 5.95 Å². The quantitative estimate of drug-likeness (QED) is 0.853. The molecule has 0 aliphatic heterocycles. The maximum atomic E-state index is 8.74. The van der Waals surface area contributed by atoms with Crippen molar-refractivity contribution in [2.45, 2.75) is 6.54 Å². The Morgan fingerprint density at radius 2 is 1.90 bits per heavy atom. The van der Waals surface area contributed by atoms with Gasteiger partial charge in [-0.05, 0) is 17.7 Å². The molecule has 102 valence electrons. The standard InChI is InChI=1S/C13H15N7/c1-20(2)13-18-11(15)17-12(19-13)16-8-10-5-3-9(7-14)4-6-10/h3-6H,8H2,1-2H3,(H3,15,16,17,18,19). The van der Waals surface area contributed by atoms with Gasteiger partial charge in [0.05, 0.1) is 11.6 Å². The van der Waals surface area contributed by atoms with E-state index in [1.807, 2.05) is 26.2 Å². The van der Waals surface area contributed by atoms with Crippen LogP contribution in [0.15, 0.2) is 24.3 Å². The normalized spacial score (nSPS) is 9.85. The van der Waals surface area contributed by atoms with Crippen molar-refractivity contribution < 1.29 is 0 Å². The smallest absolute Gasteiger partial charge is 0.231 e. The summed E-state index contributed by atoms with van der Waals surface area (Å²) in [5.41, 5.74) is 7.29. The van der Waals surface area contributed by atoms with Crippen molar-refractivity contribution in [1.29, 1.82) is 5.26 Å². The summed E-state index contributed by atoms with van der Waals surface area (Å²) in [4.78, 5) is 14.0. The van der Waals surface area contributed by atoms with Crippen LogP contribution in [0.2, 0.25) is 0 Å². The van der Waals surface area contributed by atoms with Crippen LogP contribution in [0.25, 0.3) is 0 Å². The Morgan fingerprint density at radius 3 is 2.50 bits per heavy atom. The van der Waals surface area contributed by atoms with E-state index in [2.05, 4.69) is 26.3 Å². The van der Waals surface area contributed by atoms with Gasteiger partial charge in [-0.2, -0.15) is 20.2 Å². The summed E-state index contributed by atoms with van der Waals surface area (Å²) in [7, 11) is 3.67. The zero-order valence-corrected chi connectivity index (χ0v) is 11.3. The third-order valence-electron chi connectivity index (χ3n) is 2.57. The molecule has 0 spiro atoms. The van der Waals surface area contributed by atoms with Gasteiger partial charge in [-0.15, -0.1) is 0 Å². The van der Waals surface area contributed by atoms with Crippen LogP contribution in [-0.2, 0) is 6.54 Å². The number of nitrogens with one attached hydrogen (secondary N) is 1. The fourth-order valence-corrected chi connectivity index (χ4v) is 1.54. The number of hydrogen-bond acceptors (Lipinski definition) is 7. The third-order valence-corrected chi connectivity index (χ3v) is 2.57. The minimum atomic E-state index is 0.172. The summed E-state index contributed by atoms with van der Waals surface area (Å²) < 4.78 is 0. The molecular formula is C13H15N7. The van der Waals surface area contributed by atoms with Crippen LogP contribution in [0.1, 0.15) is 11.1 Å². The second kappa shape index (κ2) is 5.84. The Labute approximate surface area is 117 Å². The first-order valence-electron chi connectivity index (χ1n) is 6.00. The molecule has 1 aromatic heterocycles. The van der Waals surface area contributed by atoms with Crippen LogP contribution in [0, 0.1) is 11.3 Å². The molecule has 7 heteroatoms. The Balaban J connectivity index is 2.08. The lowest BCUT2D eigenvalue weighted by atomic mass is 10.1. The second-order valence-electron chi connectivity index (χ2n) is 4.37. The van der Waals surface area contributed by atoms with E-state index >= 15 is 0 Å². The average Bonchev–Trinajstić information content (AvgIpc) is 2.45. The molecule has 20 heavy (non-hydrogen) atoms. The SMILES string of the molecule is CN(C)c1nc(N)nc(NCc2ccc(C#N)cc2)n1. The number of anilines is 3. The summed E-state index contributed by atoms with van der Waals surface area (Å²) in [6.45, 7) is 0.544. The topological polar surface area (TPSA) is 104 Å². The van der Waals surface area contributed by atoms with Gasteiger partial charge < -0.3 is 16.0 Å². The molecule has 0 amide bonds. The highest BCUT2D eigenvalue weighted by Crippen LogP contribution is 2.11. The number of nitriles is 1. The lowest BCUT2D eigenvalue weighted by molar-refractivity contribution is 0.950. The summed E-state index contributed by atoms with van der Waals surface area (Å²) in [5.74, 6) is 1.09. The van der Waals surface area contributed by atoms with E-state index in [1.54, 1.807) is 17.0 Å². The lowest BCUT2D eigenvalue weighted by Gasteiger charge is -2.12. The van der Waals surface area contributed by atoms with Crippen LogP contribution in [0.3, 0.4) is 0 Å². The number of aromatic nitrogens is 3. The largest absolute Gasteiger partial charge is 0.368 e. The molecule has 0 bridgehead atoms. The highest BCUT2D eigenvalue weighted by molar-refractivity contribution is 5.41. The van der Waals surface area contributed by atoms with Crippen molar-refractivity contribution in [2.75, 3.05) is 30.0 Å². The molecule has 0 aliphatic rings. The summed E-state index contributed by atoms with van der Waals surface area (Å²) in [6, 6.07) is 9.37. The Kier molecular flexibility index (Phi) is 3.96. The highest BCUT2D eigenvalue weighted by Gasteiger charge is 2.05. The van der Waals surface area contributed by atoms with Crippen LogP contribution >= 0.6 is 0 Å². The Bertz CT molecular complexity index is 628. The maximum absolute atomic E-state index is 8.74. The first-order valence-corrected chi connectivity index (χ1v) is 6.00. The molecular weight excluding hydrogens is 254 g/mol. The molecule has 0 aliphatic carbocycles. The lowest BCUT2D eigenvalue weighted by Crippen LogP contribution is -2.16. The second-order valence-corrected chi connectivity index (χ2v) is 4.37. The first-order chi connectivity index (χ1) is 9.58. The van der Waals surface area contributed by atoms with Crippen molar-refractivity contribution in [2.24, 2.45) is 0 Å². The molecule has 0 unspecified atom stereocenters. The van der Waals surface area contributed by atoms with Gasteiger partial charge in [-0.3, -0.25) is 0 Å². The fraction of sp³-hybridized carbons (Fsp3) is 0.231. The average molecular weight is 269 g/mol. The summed E-state index contributed by atoms with van der Waals surface area (Å²) in [5, 5.41) is 11.8. The van der Waals surface area contributed by atoms with Crippen LogP contribution in [0.4, 0.5) is 17.8 Å². The Morgan fingerprint density at radius 1 is 1.20 bits per heavy atom. The van der Waals surface area contributed by atoms with Gasteiger partial charge in [-0.25, -0.2) is 0 Å². The fourth-order valence-electron chi connectivity index (χ4n) is 1.54. The summed E-state index contributed by atoms with van der Waals surface area (Å²) in [6.07, 6.45) is 0. The molecule has 2 rings (SSSR count). The van der Waals surface area contributed by atoms with Crippen molar-refractivity contribution in [3.05, 3.63) is 35.4 Å². The number of hydrogen-bond donors (Lipinski definition) is 2. The molecule has 3 N–H and O–H groups in total. The molecule has 2 aromatic rings. The van der Waals surface area contributed by atoms with E-state index < -0.39 is 0 Å². The van der Waals surface area contributed by atoms with Gasteiger partial charge in [0, 0.05) is 20.6 Å². The van der Waals surface area contributed by atoms with Crippen LogP contribution < -0.4 is 16.0 Å². The predicted molar refractivity (Wildman–Crippen MR) is 77.1 cm³/mol. The molecule has 0 saturated carbocycles. The molecule has 1 aromatic carbocycles. The van der Waals surface area contributed by atoms with Crippen molar-refractivity contribution >= 4 is 17.8 Å². The van der Waals surface area contributed by atoms with Gasteiger partial charge in [-0.1, -0.05) is 12.1 Å². The molecule has 1 heterocycles. The van der Waals surface area contributed by atoms with Gasteiger partial charge >= 0.3 is 0 Å². The monoisotopic (exact) mass is 269 g/mol. The number of nitrogens with zero attached hydrogens (tertiary/aromatic N) is 5. The molecule has 0 radical (unpaired) electrons. The van der Waals surface area contributed by atoms with Gasteiger partial charge in [0.1, 0.15) is 0 Å². The number of nitrogen functional groups attached to an aromatic ring is 1. The highest BCUT2D eigenvalue weighted by atomic mass is 15.3. The minimum Gasteiger partial charge on any atom is -0.368 e. The van der Waals surface area contributed by atoms with Gasteiger partial charge in [0.25, 0.3) is 0 Å². The van der Waals surface area contributed by atoms with E-state index in [1.165, 1.54) is 0 Å². The van der Waals surface area contributed by atoms with E-state index in [0.717, 1.165) is 5.56 Å². The van der Waals surface area contributed by atoms with Crippen LogP contribution in [0.5, 0.6) is 0 Å². The maximum Gasteiger partial charge on any atom is 0.231 e. The predicted octanol–water partition coefficient (Wildman–Crippen LogP) is 1.00. The van der Waals surface area contributed by atoms with E-state index in [0.29, 0.717) is 24.0 Å². The Hall–Kier alpha value is -2.88. The minimum absolute atomic E-state index is 0.172. The zero-order chi connectivity index (χ0) is 14.5. The van der Waals surface area contributed by atoms with E-state index in [4.69, 9.17) is 11.0 Å². The van der Waals surface area contributed by atoms with Crippen molar-refractivity contribution in [3.8, 4) is 6.07 Å². The summed E-state index contributed by atoms with van der Waals surface area (Å²) >= 11 is 0. The third kappa shape index (κ3) is 3.32. The number of rotatable bonds is 4. The van der Waals surface area contributed by atoms with Crippen molar-refractivity contribution in [1.82, 2.24) is 15.0 Å². The zero-order valence-electron chi connectivity index (χ0n) is 11.3.